The van der Waals surface area contributed by atoms with E-state index < -0.39 is 0 Å². The molecule has 106 valence electrons. The van der Waals surface area contributed by atoms with E-state index in [1.165, 1.54) is 0 Å². The number of benzene rings is 1. The van der Waals surface area contributed by atoms with Crippen molar-refractivity contribution in [3.8, 4) is 5.75 Å². The van der Waals surface area contributed by atoms with Crippen LogP contribution in [0.5, 0.6) is 5.75 Å². The Bertz CT molecular complexity index is 566. The van der Waals surface area contributed by atoms with Gasteiger partial charge in [0.25, 0.3) is 0 Å². The Kier molecular flexibility index (Phi) is 4.38. The third kappa shape index (κ3) is 3.87. The van der Waals surface area contributed by atoms with Crippen LogP contribution in [-0.4, -0.2) is 34.9 Å². The second-order valence-electron chi connectivity index (χ2n) is 4.00. The number of anilines is 2. The highest BCUT2D eigenvalue weighted by molar-refractivity contribution is 5.89. The van der Waals surface area contributed by atoms with Crippen LogP contribution in [0.25, 0.3) is 0 Å². The number of carbonyl (C=O) groups is 1. The lowest BCUT2D eigenvalue weighted by atomic mass is 10.3. The average molecular weight is 276 g/mol. The monoisotopic (exact) mass is 276 g/mol. The molecule has 1 heterocycles. The van der Waals surface area contributed by atoms with E-state index in [2.05, 4.69) is 25.8 Å². The van der Waals surface area contributed by atoms with Crippen molar-refractivity contribution in [2.45, 2.75) is 6.42 Å². The largest absolute Gasteiger partial charge is 0.497 e. The first-order valence-corrected chi connectivity index (χ1v) is 6.03. The number of aromatic amines is 1. The van der Waals surface area contributed by atoms with E-state index in [1.807, 2.05) is 0 Å². The summed E-state index contributed by atoms with van der Waals surface area (Å²) in [4.78, 5) is 15.6. The maximum Gasteiger partial charge on any atom is 0.319 e. The SMILES string of the molecule is COc1ccc(NC(=O)NCCc2nc(N)n[nH]2)cc1. The second kappa shape index (κ2) is 6.41. The van der Waals surface area contributed by atoms with Gasteiger partial charge in [-0.25, -0.2) is 4.79 Å². The number of hydrogen-bond acceptors (Lipinski definition) is 5. The van der Waals surface area contributed by atoms with E-state index in [4.69, 9.17) is 10.5 Å². The van der Waals surface area contributed by atoms with Gasteiger partial charge >= 0.3 is 6.03 Å². The van der Waals surface area contributed by atoms with Gasteiger partial charge in [-0.2, -0.15) is 4.98 Å². The summed E-state index contributed by atoms with van der Waals surface area (Å²) in [5.41, 5.74) is 6.06. The van der Waals surface area contributed by atoms with Gasteiger partial charge in [0.1, 0.15) is 11.6 Å². The van der Waals surface area contributed by atoms with E-state index in [-0.39, 0.29) is 12.0 Å². The molecule has 0 bridgehead atoms. The Morgan fingerprint density at radius 2 is 2.15 bits per heavy atom. The van der Waals surface area contributed by atoms with Gasteiger partial charge in [0.05, 0.1) is 7.11 Å². The standard InChI is InChI=1S/C12H16N6O2/c1-20-9-4-2-8(3-5-9)15-12(19)14-7-6-10-16-11(13)18-17-10/h2-5H,6-7H2,1H3,(H2,14,15,19)(H3,13,16,17,18). The highest BCUT2D eigenvalue weighted by Crippen LogP contribution is 2.14. The number of nitrogens with one attached hydrogen (secondary N) is 3. The Morgan fingerprint density at radius 3 is 2.75 bits per heavy atom. The van der Waals surface area contributed by atoms with Gasteiger partial charge in [-0.15, -0.1) is 5.10 Å². The smallest absolute Gasteiger partial charge is 0.319 e. The number of nitrogen functional groups attached to an aromatic ring is 1. The number of amides is 2. The average Bonchev–Trinajstić information content (AvgIpc) is 2.85. The van der Waals surface area contributed by atoms with Gasteiger partial charge in [-0.3, -0.25) is 5.10 Å². The molecule has 0 fully saturated rings. The summed E-state index contributed by atoms with van der Waals surface area (Å²) in [5, 5.41) is 11.8. The summed E-state index contributed by atoms with van der Waals surface area (Å²) in [5.74, 6) is 1.56. The molecule has 0 aliphatic rings. The number of hydrogen-bond donors (Lipinski definition) is 4. The van der Waals surface area contributed by atoms with E-state index in [0.717, 1.165) is 5.75 Å². The van der Waals surface area contributed by atoms with Crippen LogP contribution in [0.1, 0.15) is 5.82 Å². The normalized spacial score (nSPS) is 10.1. The molecule has 0 aliphatic carbocycles. The molecule has 20 heavy (non-hydrogen) atoms. The molecule has 0 radical (unpaired) electrons. The van der Waals surface area contributed by atoms with Crippen LogP contribution in [0.3, 0.4) is 0 Å². The van der Waals surface area contributed by atoms with Crippen molar-refractivity contribution in [1.82, 2.24) is 20.5 Å². The molecule has 0 unspecified atom stereocenters. The molecule has 8 nitrogen and oxygen atoms in total. The van der Waals surface area contributed by atoms with Gasteiger partial charge in [-0.05, 0) is 24.3 Å². The van der Waals surface area contributed by atoms with E-state index in [1.54, 1.807) is 31.4 Å². The molecular formula is C12H16N6O2. The van der Waals surface area contributed by atoms with E-state index in [0.29, 0.717) is 24.5 Å². The molecule has 0 aliphatic heterocycles. The van der Waals surface area contributed by atoms with Gasteiger partial charge in [0.2, 0.25) is 5.95 Å². The van der Waals surface area contributed by atoms with E-state index in [9.17, 15) is 4.79 Å². The van der Waals surface area contributed by atoms with Crippen molar-refractivity contribution >= 4 is 17.7 Å². The number of carbonyl (C=O) groups excluding carboxylic acids is 1. The zero-order chi connectivity index (χ0) is 14.4. The van der Waals surface area contributed by atoms with Crippen LogP contribution in [0.4, 0.5) is 16.4 Å². The molecule has 0 spiro atoms. The van der Waals surface area contributed by atoms with Crippen LogP contribution in [0.2, 0.25) is 0 Å². The van der Waals surface area contributed by atoms with Crippen LogP contribution in [0.15, 0.2) is 24.3 Å². The topological polar surface area (TPSA) is 118 Å². The minimum atomic E-state index is -0.289. The molecule has 1 aromatic carbocycles. The zero-order valence-corrected chi connectivity index (χ0v) is 11.0. The molecule has 0 saturated carbocycles. The minimum absolute atomic E-state index is 0.197. The Labute approximate surface area is 115 Å². The third-order valence-electron chi connectivity index (χ3n) is 2.54. The number of urea groups is 1. The number of nitrogens with zero attached hydrogens (tertiary/aromatic N) is 2. The number of ether oxygens (including phenoxy) is 1. The summed E-state index contributed by atoms with van der Waals surface area (Å²) < 4.78 is 5.04. The fourth-order valence-electron chi connectivity index (χ4n) is 1.57. The molecule has 5 N–H and O–H groups in total. The van der Waals surface area contributed by atoms with Crippen molar-refractivity contribution in [3.05, 3.63) is 30.1 Å². The number of rotatable bonds is 5. The Morgan fingerprint density at radius 1 is 1.40 bits per heavy atom. The molecule has 0 atom stereocenters. The number of H-pyrrole nitrogens is 1. The lowest BCUT2D eigenvalue weighted by molar-refractivity contribution is 0.252. The van der Waals surface area contributed by atoms with Gasteiger partial charge in [0.15, 0.2) is 0 Å². The van der Waals surface area contributed by atoms with Gasteiger partial charge in [-0.1, -0.05) is 0 Å². The van der Waals surface area contributed by atoms with Gasteiger partial charge < -0.3 is 21.1 Å². The minimum Gasteiger partial charge on any atom is -0.497 e. The fraction of sp³-hybridized carbons (Fsp3) is 0.250. The first-order valence-electron chi connectivity index (χ1n) is 6.03. The third-order valence-corrected chi connectivity index (χ3v) is 2.54. The van der Waals surface area contributed by atoms with Crippen molar-refractivity contribution in [1.29, 1.82) is 0 Å². The molecule has 8 heteroatoms. The molecule has 1 aromatic heterocycles. The molecule has 2 rings (SSSR count). The molecular weight excluding hydrogens is 260 g/mol. The lowest BCUT2D eigenvalue weighted by Gasteiger charge is -2.07. The highest BCUT2D eigenvalue weighted by atomic mass is 16.5. The maximum absolute atomic E-state index is 11.6. The predicted octanol–water partition coefficient (Wildman–Crippen LogP) is 0.760. The first-order chi connectivity index (χ1) is 9.67. The first kappa shape index (κ1) is 13.7. The van der Waals surface area contributed by atoms with Gasteiger partial charge in [0, 0.05) is 18.7 Å². The summed E-state index contributed by atoms with van der Waals surface area (Å²) >= 11 is 0. The predicted molar refractivity (Wildman–Crippen MR) is 74.5 cm³/mol. The molecule has 2 amide bonds. The van der Waals surface area contributed by atoms with Crippen LogP contribution in [0, 0.1) is 0 Å². The van der Waals surface area contributed by atoms with Crippen molar-refractivity contribution in [2.24, 2.45) is 0 Å². The highest BCUT2D eigenvalue weighted by Gasteiger charge is 2.03. The van der Waals surface area contributed by atoms with Crippen molar-refractivity contribution in [3.63, 3.8) is 0 Å². The summed E-state index contributed by atoms with van der Waals surface area (Å²) in [6, 6.07) is 6.77. The Balaban J connectivity index is 1.74. The van der Waals surface area contributed by atoms with E-state index >= 15 is 0 Å². The van der Waals surface area contributed by atoms with Crippen LogP contribution in [-0.2, 0) is 6.42 Å². The van der Waals surface area contributed by atoms with Crippen molar-refractivity contribution < 1.29 is 9.53 Å². The number of methoxy groups -OCH3 is 1. The second-order valence-corrected chi connectivity index (χ2v) is 4.00. The fourth-order valence-corrected chi connectivity index (χ4v) is 1.57. The quantitative estimate of drug-likeness (QED) is 0.643. The maximum atomic E-state index is 11.6. The van der Waals surface area contributed by atoms with Crippen molar-refractivity contribution in [2.75, 3.05) is 24.7 Å². The number of nitrogens with two attached hydrogens (primary N) is 1. The Hall–Kier alpha value is -2.77. The van der Waals surface area contributed by atoms with Crippen LogP contribution >= 0.6 is 0 Å². The summed E-state index contributed by atoms with van der Waals surface area (Å²) in [6.45, 7) is 0.427. The molecule has 0 saturated heterocycles. The lowest BCUT2D eigenvalue weighted by Crippen LogP contribution is -2.30. The summed E-state index contributed by atoms with van der Waals surface area (Å²) in [6.07, 6.45) is 0.528. The number of aromatic nitrogens is 3. The zero-order valence-electron chi connectivity index (χ0n) is 11.0. The van der Waals surface area contributed by atoms with Crippen LogP contribution < -0.4 is 21.1 Å². The molecule has 2 aromatic rings. The summed E-state index contributed by atoms with van der Waals surface area (Å²) in [7, 11) is 1.59.